The third-order valence-corrected chi connectivity index (χ3v) is 4.56. The Morgan fingerprint density at radius 1 is 1.26 bits per heavy atom. The Morgan fingerprint density at radius 2 is 2.07 bits per heavy atom. The van der Waals surface area contributed by atoms with Crippen LogP contribution in [0.3, 0.4) is 0 Å². The number of ether oxygens (including phenoxy) is 1. The Hall–Kier alpha value is -2.99. The summed E-state index contributed by atoms with van der Waals surface area (Å²) < 4.78 is 21.3. The van der Waals surface area contributed by atoms with Crippen LogP contribution in [0.15, 0.2) is 53.8 Å². The topological polar surface area (TPSA) is 56.5 Å². The molecule has 0 amide bonds. The van der Waals surface area contributed by atoms with E-state index in [0.29, 0.717) is 27.6 Å². The zero-order valence-corrected chi connectivity index (χ0v) is 15.2. The van der Waals surface area contributed by atoms with E-state index in [9.17, 15) is 9.18 Å². The van der Waals surface area contributed by atoms with Crippen molar-refractivity contribution in [3.63, 3.8) is 0 Å². The highest BCUT2D eigenvalue weighted by Crippen LogP contribution is 2.29. The lowest BCUT2D eigenvalue weighted by atomic mass is 10.00. The number of imidazole rings is 1. The molecule has 0 fully saturated rings. The number of carbonyl (C=O) groups excluding carboxylic acids is 1. The van der Waals surface area contributed by atoms with Crippen LogP contribution in [0.4, 0.5) is 4.39 Å². The maximum Gasteiger partial charge on any atom is 0.358 e. The number of fused-ring (bicyclic) bond motifs is 3. The number of benzene rings is 2. The number of nitrogens with zero attached hydrogens (tertiary/aromatic N) is 3. The molecule has 0 saturated heterocycles. The molecular formula is C20H15ClFN3O2. The van der Waals surface area contributed by atoms with Gasteiger partial charge in [-0.25, -0.2) is 14.2 Å². The highest BCUT2D eigenvalue weighted by molar-refractivity contribution is 6.31. The fourth-order valence-electron chi connectivity index (χ4n) is 3.13. The van der Waals surface area contributed by atoms with Gasteiger partial charge in [-0.2, -0.15) is 0 Å². The number of halogens is 2. The van der Waals surface area contributed by atoms with Crippen LogP contribution in [-0.4, -0.2) is 27.8 Å². The number of esters is 1. The van der Waals surface area contributed by atoms with Gasteiger partial charge in [-0.3, -0.25) is 9.56 Å². The molecule has 2 aromatic carbocycles. The van der Waals surface area contributed by atoms with Crippen molar-refractivity contribution < 1.29 is 13.9 Å². The summed E-state index contributed by atoms with van der Waals surface area (Å²) in [5, 5.41) is 0.506. The Labute approximate surface area is 160 Å². The quantitative estimate of drug-likeness (QED) is 0.637. The fourth-order valence-corrected chi connectivity index (χ4v) is 3.31. The first-order chi connectivity index (χ1) is 13.1. The molecule has 3 aromatic rings. The van der Waals surface area contributed by atoms with E-state index in [0.717, 1.165) is 5.69 Å². The van der Waals surface area contributed by atoms with E-state index in [-0.39, 0.29) is 24.7 Å². The van der Waals surface area contributed by atoms with Crippen molar-refractivity contribution in [3.05, 3.63) is 82.1 Å². The largest absolute Gasteiger partial charge is 0.461 e. The predicted octanol–water partition coefficient (Wildman–Crippen LogP) is 4.19. The van der Waals surface area contributed by atoms with Crippen molar-refractivity contribution in [1.29, 1.82) is 0 Å². The van der Waals surface area contributed by atoms with Gasteiger partial charge in [-0.05, 0) is 37.3 Å². The van der Waals surface area contributed by atoms with Crippen molar-refractivity contribution in [2.75, 3.05) is 6.61 Å². The summed E-state index contributed by atoms with van der Waals surface area (Å²) in [5.74, 6) is -0.885. The maximum atomic E-state index is 14.5. The molecule has 136 valence electrons. The molecule has 0 unspecified atom stereocenters. The van der Waals surface area contributed by atoms with E-state index >= 15 is 0 Å². The Kier molecular flexibility index (Phi) is 4.49. The molecule has 7 heteroatoms. The average Bonchev–Trinajstić information content (AvgIpc) is 3.01. The molecule has 0 aliphatic carbocycles. The highest BCUT2D eigenvalue weighted by atomic mass is 35.5. The predicted molar refractivity (Wildman–Crippen MR) is 100 cm³/mol. The van der Waals surface area contributed by atoms with Crippen LogP contribution in [0.5, 0.6) is 0 Å². The number of aliphatic imine (C=N–C) groups is 1. The van der Waals surface area contributed by atoms with E-state index in [1.807, 2.05) is 0 Å². The van der Waals surface area contributed by atoms with Crippen LogP contribution < -0.4 is 0 Å². The molecule has 4 rings (SSSR count). The van der Waals surface area contributed by atoms with E-state index in [4.69, 9.17) is 16.3 Å². The molecule has 0 saturated carbocycles. The number of carbonyl (C=O) groups is 1. The molecule has 5 nitrogen and oxygen atoms in total. The summed E-state index contributed by atoms with van der Waals surface area (Å²) in [6.45, 7) is 2.14. The van der Waals surface area contributed by atoms with Crippen LogP contribution in [0.2, 0.25) is 5.02 Å². The second kappa shape index (κ2) is 6.96. The van der Waals surface area contributed by atoms with Gasteiger partial charge in [0.05, 0.1) is 30.2 Å². The van der Waals surface area contributed by atoms with E-state index < -0.39 is 5.97 Å². The third-order valence-electron chi connectivity index (χ3n) is 4.32. The molecule has 0 N–H and O–H groups in total. The minimum atomic E-state index is -0.508. The number of hydrogen-bond donors (Lipinski definition) is 0. The molecule has 0 spiro atoms. The summed E-state index contributed by atoms with van der Waals surface area (Å²) in [6, 6.07) is 11.7. The fraction of sp³-hybridized carbons (Fsp3) is 0.150. The summed E-state index contributed by atoms with van der Waals surface area (Å²) >= 11 is 6.20. The van der Waals surface area contributed by atoms with E-state index in [1.54, 1.807) is 54.2 Å². The van der Waals surface area contributed by atoms with Crippen LogP contribution >= 0.6 is 11.6 Å². The van der Waals surface area contributed by atoms with Gasteiger partial charge in [0.25, 0.3) is 0 Å². The van der Waals surface area contributed by atoms with Gasteiger partial charge in [-0.15, -0.1) is 0 Å². The van der Waals surface area contributed by atoms with Crippen molar-refractivity contribution in [1.82, 2.24) is 9.55 Å². The number of hydrogen-bond acceptors (Lipinski definition) is 4. The zero-order valence-electron chi connectivity index (χ0n) is 14.4. The van der Waals surface area contributed by atoms with Crippen LogP contribution in [0, 0.1) is 5.82 Å². The Balaban J connectivity index is 1.94. The molecule has 1 aliphatic rings. The molecule has 0 radical (unpaired) electrons. The van der Waals surface area contributed by atoms with Crippen molar-refractivity contribution in [2.45, 2.75) is 13.5 Å². The summed E-state index contributed by atoms with van der Waals surface area (Å²) in [6.07, 6.45) is 1.55. The minimum Gasteiger partial charge on any atom is -0.461 e. The monoisotopic (exact) mass is 383 g/mol. The normalized spacial score (nSPS) is 12.6. The first-order valence-corrected chi connectivity index (χ1v) is 8.81. The van der Waals surface area contributed by atoms with Gasteiger partial charge in [0.2, 0.25) is 0 Å². The minimum absolute atomic E-state index is 0.157. The molecule has 0 atom stereocenters. The molecule has 2 heterocycles. The van der Waals surface area contributed by atoms with Crippen LogP contribution in [0.1, 0.15) is 34.2 Å². The summed E-state index contributed by atoms with van der Waals surface area (Å²) in [5.41, 5.74) is 3.03. The second-order valence-corrected chi connectivity index (χ2v) is 6.37. The van der Waals surface area contributed by atoms with Crippen molar-refractivity contribution >= 4 is 23.3 Å². The van der Waals surface area contributed by atoms with Gasteiger partial charge in [0, 0.05) is 16.1 Å². The Bertz CT molecular complexity index is 1070. The average molecular weight is 384 g/mol. The van der Waals surface area contributed by atoms with Gasteiger partial charge in [0.15, 0.2) is 5.69 Å². The van der Waals surface area contributed by atoms with E-state index in [2.05, 4.69) is 9.98 Å². The maximum absolute atomic E-state index is 14.5. The van der Waals surface area contributed by atoms with Gasteiger partial charge < -0.3 is 4.74 Å². The van der Waals surface area contributed by atoms with E-state index in [1.165, 1.54) is 6.07 Å². The smallest absolute Gasteiger partial charge is 0.358 e. The zero-order chi connectivity index (χ0) is 19.0. The lowest BCUT2D eigenvalue weighted by Crippen LogP contribution is -2.09. The first-order valence-electron chi connectivity index (χ1n) is 8.43. The van der Waals surface area contributed by atoms with Gasteiger partial charge in [-0.1, -0.05) is 23.7 Å². The van der Waals surface area contributed by atoms with Crippen molar-refractivity contribution in [3.8, 4) is 5.69 Å². The van der Waals surface area contributed by atoms with Crippen LogP contribution in [-0.2, 0) is 11.3 Å². The second-order valence-electron chi connectivity index (χ2n) is 5.94. The molecule has 27 heavy (non-hydrogen) atoms. The molecular weight excluding hydrogens is 369 g/mol. The summed E-state index contributed by atoms with van der Waals surface area (Å²) in [4.78, 5) is 21.0. The SMILES string of the molecule is CCOC(=O)c1ncn2c1CN=C(c1ccccc1F)c1cc(Cl)ccc1-2. The first kappa shape index (κ1) is 17.4. The van der Waals surface area contributed by atoms with Crippen LogP contribution in [0.25, 0.3) is 5.69 Å². The molecule has 1 aromatic heterocycles. The Morgan fingerprint density at radius 3 is 2.85 bits per heavy atom. The highest BCUT2D eigenvalue weighted by Gasteiger charge is 2.26. The third kappa shape index (κ3) is 3.02. The standard InChI is InChI=1S/C20H15ClFN3O2/c1-2-27-20(26)19-17-10-23-18(13-5-3-4-6-15(13)22)14-9-12(21)7-8-16(14)25(17)11-24-19/h3-9,11H,2,10H2,1H3. The lowest BCUT2D eigenvalue weighted by molar-refractivity contribution is 0.0518. The van der Waals surface area contributed by atoms with Gasteiger partial charge in [0.1, 0.15) is 12.1 Å². The molecule has 1 aliphatic heterocycles. The summed E-state index contributed by atoms with van der Waals surface area (Å²) in [7, 11) is 0. The van der Waals surface area contributed by atoms with Gasteiger partial charge >= 0.3 is 5.97 Å². The van der Waals surface area contributed by atoms with Crippen molar-refractivity contribution in [2.24, 2.45) is 4.99 Å². The lowest BCUT2D eigenvalue weighted by Gasteiger charge is -2.12. The number of aromatic nitrogens is 2. The molecule has 0 bridgehead atoms. The number of rotatable bonds is 3.